The van der Waals surface area contributed by atoms with Crippen molar-refractivity contribution in [2.45, 2.75) is 58.8 Å². The van der Waals surface area contributed by atoms with Gasteiger partial charge in [-0.25, -0.2) is 0 Å². The summed E-state index contributed by atoms with van der Waals surface area (Å²) in [5.41, 5.74) is -0.810. The average Bonchev–Trinajstić information content (AvgIpc) is 2.50. The molecule has 0 radical (unpaired) electrons. The highest BCUT2D eigenvalue weighted by Gasteiger charge is 2.26. The number of hydrogen-bond acceptors (Lipinski definition) is 6. The van der Waals surface area contributed by atoms with Crippen LogP contribution in [0.3, 0.4) is 0 Å². The lowest BCUT2D eigenvalue weighted by Gasteiger charge is -2.17. The van der Waals surface area contributed by atoms with E-state index in [2.05, 4.69) is 9.47 Å². The number of carboxylic acid groups (broad SMARTS) is 2. The second-order valence-electron chi connectivity index (χ2n) is 5.80. The van der Waals surface area contributed by atoms with Gasteiger partial charge in [0.05, 0.1) is 19.6 Å². The molecule has 0 aromatic carbocycles. The Kier molecular flexibility index (Phi) is 13.4. The highest BCUT2D eigenvalue weighted by molar-refractivity contribution is 5.73. The van der Waals surface area contributed by atoms with E-state index in [1.165, 1.54) is 14.2 Å². The first-order valence-corrected chi connectivity index (χ1v) is 7.65. The second kappa shape index (κ2) is 13.3. The van der Waals surface area contributed by atoms with Crippen molar-refractivity contribution in [2.24, 2.45) is 5.41 Å². The normalized spacial score (nSPS) is 10.2. The maximum atomic E-state index is 10.6. The van der Waals surface area contributed by atoms with E-state index < -0.39 is 17.4 Å². The average molecular weight is 348 g/mol. The number of carboxylic acids is 2. The van der Waals surface area contributed by atoms with Gasteiger partial charge in [0.25, 0.3) is 0 Å². The zero-order valence-corrected chi connectivity index (χ0v) is 14.8. The number of carbonyl (C=O) groups excluding carboxylic acids is 2. The van der Waals surface area contributed by atoms with Crippen LogP contribution in [-0.2, 0) is 28.7 Å². The molecule has 0 aliphatic carbocycles. The summed E-state index contributed by atoms with van der Waals surface area (Å²) in [6.45, 7) is 3.19. The molecule has 0 aliphatic heterocycles. The van der Waals surface area contributed by atoms with Crippen LogP contribution in [0, 0.1) is 5.41 Å². The molecule has 0 saturated heterocycles. The van der Waals surface area contributed by atoms with E-state index in [4.69, 9.17) is 10.2 Å². The van der Waals surface area contributed by atoms with Crippen molar-refractivity contribution in [3.63, 3.8) is 0 Å². The lowest BCUT2D eigenvalue weighted by molar-refractivity contribution is -0.148. The van der Waals surface area contributed by atoms with Crippen molar-refractivity contribution >= 4 is 23.9 Å². The lowest BCUT2D eigenvalue weighted by Crippen LogP contribution is -2.23. The SMILES string of the molecule is CC(C)(CCCC(=O)O)C(=O)O.COC(=O)CCCCC(=O)OC. The van der Waals surface area contributed by atoms with Crippen LogP contribution < -0.4 is 0 Å². The van der Waals surface area contributed by atoms with Crippen LogP contribution in [0.25, 0.3) is 0 Å². The van der Waals surface area contributed by atoms with Crippen molar-refractivity contribution in [1.82, 2.24) is 0 Å². The van der Waals surface area contributed by atoms with Crippen molar-refractivity contribution < 1.29 is 38.9 Å². The van der Waals surface area contributed by atoms with Gasteiger partial charge in [-0.05, 0) is 39.5 Å². The number of methoxy groups -OCH3 is 2. The summed E-state index contributed by atoms with van der Waals surface area (Å²) in [7, 11) is 2.70. The van der Waals surface area contributed by atoms with Crippen LogP contribution in [0.4, 0.5) is 0 Å². The van der Waals surface area contributed by atoms with E-state index in [1.54, 1.807) is 13.8 Å². The standard InChI is InChI=1S/2C8H14O4/c1-8(2,7(11)12)5-3-4-6(9)10;1-11-7(9)5-3-4-6-8(10)12-2/h3-5H2,1-2H3,(H,9,10)(H,11,12);3-6H2,1-2H3. The third kappa shape index (κ3) is 14.8. The molecule has 24 heavy (non-hydrogen) atoms. The number of esters is 2. The lowest BCUT2D eigenvalue weighted by atomic mass is 9.87. The van der Waals surface area contributed by atoms with Gasteiger partial charge in [-0.3, -0.25) is 19.2 Å². The Hall–Kier alpha value is -2.12. The predicted molar refractivity (Wildman–Crippen MR) is 85.4 cm³/mol. The molecule has 0 bridgehead atoms. The summed E-state index contributed by atoms with van der Waals surface area (Å²) in [5, 5.41) is 17.0. The minimum atomic E-state index is -0.882. The third-order valence-electron chi connectivity index (χ3n) is 3.24. The van der Waals surface area contributed by atoms with Gasteiger partial charge in [-0.15, -0.1) is 0 Å². The molecule has 8 nitrogen and oxygen atoms in total. The van der Waals surface area contributed by atoms with Gasteiger partial charge >= 0.3 is 23.9 Å². The number of rotatable bonds is 10. The Morgan fingerprint density at radius 1 is 0.792 bits per heavy atom. The minimum Gasteiger partial charge on any atom is -0.481 e. The first kappa shape index (κ1) is 24.1. The molecule has 0 heterocycles. The first-order valence-electron chi connectivity index (χ1n) is 7.65. The molecule has 0 aromatic rings. The molecular formula is C16H28O8. The fourth-order valence-electron chi connectivity index (χ4n) is 1.53. The summed E-state index contributed by atoms with van der Waals surface area (Å²) in [5.74, 6) is -2.23. The highest BCUT2D eigenvalue weighted by Crippen LogP contribution is 2.23. The molecule has 0 aromatic heterocycles. The number of aliphatic carboxylic acids is 2. The summed E-state index contributed by atoms with van der Waals surface area (Å²) in [6, 6.07) is 0. The molecule has 0 aliphatic rings. The largest absolute Gasteiger partial charge is 0.481 e. The summed E-state index contributed by atoms with van der Waals surface area (Å²) >= 11 is 0. The number of ether oxygens (including phenoxy) is 2. The van der Waals surface area contributed by atoms with Crippen LogP contribution in [0.15, 0.2) is 0 Å². The van der Waals surface area contributed by atoms with Crippen LogP contribution >= 0.6 is 0 Å². The van der Waals surface area contributed by atoms with E-state index >= 15 is 0 Å². The van der Waals surface area contributed by atoms with E-state index in [-0.39, 0.29) is 18.4 Å². The number of unbranched alkanes of at least 4 members (excludes halogenated alkanes) is 1. The zero-order valence-electron chi connectivity index (χ0n) is 14.8. The minimum absolute atomic E-state index is 0.0384. The van der Waals surface area contributed by atoms with Gasteiger partial charge in [-0.2, -0.15) is 0 Å². The molecule has 2 N–H and O–H groups in total. The Labute approximate surface area is 142 Å². The van der Waals surface area contributed by atoms with Crippen molar-refractivity contribution in [1.29, 1.82) is 0 Å². The molecule has 8 heteroatoms. The van der Waals surface area contributed by atoms with Crippen molar-refractivity contribution in [3.8, 4) is 0 Å². The van der Waals surface area contributed by atoms with Gasteiger partial charge in [0, 0.05) is 19.3 Å². The predicted octanol–water partition coefficient (Wildman–Crippen LogP) is 2.24. The molecule has 0 fully saturated rings. The fraction of sp³-hybridized carbons (Fsp3) is 0.750. The van der Waals surface area contributed by atoms with Crippen LogP contribution in [0.2, 0.25) is 0 Å². The summed E-state index contributed by atoms with van der Waals surface area (Å²) < 4.78 is 8.86. The van der Waals surface area contributed by atoms with E-state index in [0.29, 0.717) is 38.5 Å². The van der Waals surface area contributed by atoms with Crippen LogP contribution in [-0.4, -0.2) is 48.3 Å². The maximum absolute atomic E-state index is 10.6. The maximum Gasteiger partial charge on any atom is 0.309 e. The molecule has 0 saturated carbocycles. The van der Waals surface area contributed by atoms with E-state index in [9.17, 15) is 19.2 Å². The first-order chi connectivity index (χ1) is 11.1. The molecule has 0 unspecified atom stereocenters. The van der Waals surface area contributed by atoms with Crippen LogP contribution in [0.5, 0.6) is 0 Å². The Balaban J connectivity index is 0. The van der Waals surface area contributed by atoms with Gasteiger partial charge in [-0.1, -0.05) is 0 Å². The molecule has 140 valence electrons. The van der Waals surface area contributed by atoms with Crippen LogP contribution in [0.1, 0.15) is 58.8 Å². The summed E-state index contributed by atoms with van der Waals surface area (Å²) in [6.07, 6.45) is 2.92. The Bertz CT molecular complexity index is 396. The Morgan fingerprint density at radius 2 is 1.21 bits per heavy atom. The monoisotopic (exact) mass is 348 g/mol. The van der Waals surface area contributed by atoms with E-state index in [1.807, 2.05) is 0 Å². The number of carbonyl (C=O) groups is 4. The van der Waals surface area contributed by atoms with E-state index in [0.717, 1.165) is 0 Å². The van der Waals surface area contributed by atoms with Gasteiger partial charge in [0.1, 0.15) is 0 Å². The summed E-state index contributed by atoms with van der Waals surface area (Å²) in [4.78, 5) is 41.8. The van der Waals surface area contributed by atoms with Gasteiger partial charge < -0.3 is 19.7 Å². The number of hydrogen-bond donors (Lipinski definition) is 2. The second-order valence-corrected chi connectivity index (χ2v) is 5.80. The topological polar surface area (TPSA) is 127 Å². The van der Waals surface area contributed by atoms with Crippen molar-refractivity contribution in [2.75, 3.05) is 14.2 Å². The molecule has 0 rings (SSSR count). The van der Waals surface area contributed by atoms with Gasteiger partial charge in [0.15, 0.2) is 0 Å². The Morgan fingerprint density at radius 3 is 1.50 bits per heavy atom. The highest BCUT2D eigenvalue weighted by atomic mass is 16.5. The molecule has 0 atom stereocenters. The quantitative estimate of drug-likeness (QED) is 0.454. The van der Waals surface area contributed by atoms with Gasteiger partial charge in [0.2, 0.25) is 0 Å². The fourth-order valence-corrected chi connectivity index (χ4v) is 1.53. The van der Waals surface area contributed by atoms with Crippen molar-refractivity contribution in [3.05, 3.63) is 0 Å². The smallest absolute Gasteiger partial charge is 0.309 e. The molecule has 0 amide bonds. The molecule has 0 spiro atoms. The third-order valence-corrected chi connectivity index (χ3v) is 3.24. The zero-order chi connectivity index (χ0) is 19.2. The molecular weight excluding hydrogens is 320 g/mol.